The molecule has 1 saturated heterocycles. The number of rotatable bonds is 8. The summed E-state index contributed by atoms with van der Waals surface area (Å²) in [6.07, 6.45) is 9.60. The lowest BCUT2D eigenvalue weighted by Gasteiger charge is -2.33. The van der Waals surface area contributed by atoms with Crippen molar-refractivity contribution >= 4 is 23.2 Å². The Labute approximate surface area is 218 Å². The first-order chi connectivity index (χ1) is 17.7. The van der Waals surface area contributed by atoms with E-state index in [1.54, 1.807) is 5.51 Å². The van der Waals surface area contributed by atoms with Crippen LogP contribution in [0.5, 0.6) is 0 Å². The van der Waals surface area contributed by atoms with Gasteiger partial charge in [-0.25, -0.2) is 14.8 Å². The molecule has 0 unspecified atom stereocenters. The minimum absolute atomic E-state index is 0.227. The number of carbonyl (C=O) groups is 1. The summed E-state index contributed by atoms with van der Waals surface area (Å²) < 4.78 is 5.21. The number of ether oxygens (including phenoxy) is 1. The fourth-order valence-electron chi connectivity index (χ4n) is 5.45. The fraction of sp³-hybridized carbons (Fsp3) is 0.483. The molecule has 1 aliphatic heterocycles. The molecule has 1 aliphatic carbocycles. The Bertz CT molecular complexity index is 1090. The van der Waals surface area contributed by atoms with Crippen molar-refractivity contribution in [1.82, 2.24) is 15.3 Å². The molecule has 2 aliphatic rings. The van der Waals surface area contributed by atoms with Crippen LogP contribution in [0.3, 0.4) is 0 Å². The second kappa shape index (κ2) is 12.3. The Morgan fingerprint density at radius 2 is 1.83 bits per heavy atom. The lowest BCUT2D eigenvalue weighted by atomic mass is 9.84. The van der Waals surface area contributed by atoms with Crippen LogP contribution >= 0.6 is 11.3 Å². The molecule has 2 aromatic heterocycles. The van der Waals surface area contributed by atoms with Crippen molar-refractivity contribution in [2.24, 2.45) is 5.92 Å². The summed E-state index contributed by atoms with van der Waals surface area (Å²) in [5, 5.41) is 4.76. The van der Waals surface area contributed by atoms with E-state index in [0.717, 1.165) is 55.5 Å². The molecule has 0 atom stereocenters. The van der Waals surface area contributed by atoms with E-state index in [1.807, 2.05) is 5.38 Å². The molecule has 3 heterocycles. The third-order valence-corrected chi connectivity index (χ3v) is 8.25. The topological polar surface area (TPSA) is 67.4 Å². The third kappa shape index (κ3) is 6.64. The van der Waals surface area contributed by atoms with Crippen molar-refractivity contribution in [3.05, 3.63) is 64.6 Å². The lowest BCUT2D eigenvalue weighted by Crippen LogP contribution is -2.35. The molecule has 1 aromatic carbocycles. The zero-order valence-corrected chi connectivity index (χ0v) is 21.7. The predicted octanol–water partition coefficient (Wildman–Crippen LogP) is 6.79. The molecule has 0 spiro atoms. The zero-order chi connectivity index (χ0) is 24.6. The van der Waals surface area contributed by atoms with Crippen LogP contribution in [0.15, 0.2) is 53.4 Å². The van der Waals surface area contributed by atoms with Crippen molar-refractivity contribution in [1.29, 1.82) is 0 Å². The number of benzene rings is 1. The number of hydrogen-bond donors (Lipinski definition) is 1. The molecule has 1 N–H and O–H groups in total. The van der Waals surface area contributed by atoms with Gasteiger partial charge < -0.3 is 15.0 Å². The third-order valence-electron chi connectivity index (χ3n) is 7.61. The van der Waals surface area contributed by atoms with Gasteiger partial charge in [0.25, 0.3) is 0 Å². The summed E-state index contributed by atoms with van der Waals surface area (Å²) in [5.74, 6) is 2.40. The number of piperidine rings is 1. The summed E-state index contributed by atoms with van der Waals surface area (Å²) in [5.41, 5.74) is 6.25. The molecule has 2 fully saturated rings. The number of thiazole rings is 1. The van der Waals surface area contributed by atoms with Crippen LogP contribution in [0.2, 0.25) is 0 Å². The fourth-order valence-corrected chi connectivity index (χ4v) is 5.99. The number of nitrogens with one attached hydrogen (secondary N) is 1. The van der Waals surface area contributed by atoms with Gasteiger partial charge in [0.2, 0.25) is 0 Å². The van der Waals surface area contributed by atoms with Crippen LogP contribution in [-0.2, 0) is 11.3 Å². The molecule has 190 valence electrons. The summed E-state index contributed by atoms with van der Waals surface area (Å²) >= 11 is 1.50. The van der Waals surface area contributed by atoms with E-state index in [-0.39, 0.29) is 12.7 Å². The van der Waals surface area contributed by atoms with Gasteiger partial charge in [0.15, 0.2) is 0 Å². The first-order valence-corrected chi connectivity index (χ1v) is 14.3. The maximum Gasteiger partial charge on any atom is 0.407 e. The van der Waals surface area contributed by atoms with Gasteiger partial charge in [-0.3, -0.25) is 0 Å². The number of anilines is 1. The summed E-state index contributed by atoms with van der Waals surface area (Å²) in [4.78, 5) is 23.4. The van der Waals surface area contributed by atoms with Gasteiger partial charge in [-0.15, -0.1) is 11.3 Å². The Kier molecular flexibility index (Phi) is 8.49. The molecule has 7 heteroatoms. The normalized spacial score (nSPS) is 17.2. The number of hydrogen-bond acceptors (Lipinski definition) is 6. The highest BCUT2D eigenvalue weighted by molar-refractivity contribution is 7.07. The standard InChI is InChI=1S/C29H36N4O2S/c34-29(35-19-26-20-36-21-31-26)30-16-13-22-14-17-33(18-15-22)28-8-4-7-27(32-28)25-11-9-24(10-12-25)23-5-2-1-3-6-23/h4,7-12,20-23H,1-3,5-6,13-19H2,(H,30,34). The van der Waals surface area contributed by atoms with E-state index in [1.165, 1.54) is 54.6 Å². The predicted molar refractivity (Wildman–Crippen MR) is 145 cm³/mol. The highest BCUT2D eigenvalue weighted by Crippen LogP contribution is 2.33. The van der Waals surface area contributed by atoms with Gasteiger partial charge in [0.1, 0.15) is 12.4 Å². The SMILES string of the molecule is O=C(NCCC1CCN(c2cccc(-c3ccc(C4CCCCC4)cc3)n2)CC1)OCc1cscn1. The van der Waals surface area contributed by atoms with Gasteiger partial charge in [0.05, 0.1) is 16.9 Å². The van der Waals surface area contributed by atoms with Gasteiger partial charge >= 0.3 is 6.09 Å². The quantitative estimate of drug-likeness (QED) is 0.366. The van der Waals surface area contributed by atoms with E-state index < -0.39 is 0 Å². The molecule has 1 saturated carbocycles. The highest BCUT2D eigenvalue weighted by Gasteiger charge is 2.21. The van der Waals surface area contributed by atoms with Crippen molar-refractivity contribution in [3.63, 3.8) is 0 Å². The minimum atomic E-state index is -0.367. The first kappa shape index (κ1) is 24.8. The Morgan fingerprint density at radius 3 is 2.58 bits per heavy atom. The lowest BCUT2D eigenvalue weighted by molar-refractivity contribution is 0.137. The molecule has 5 rings (SSSR count). The second-order valence-electron chi connectivity index (χ2n) is 10.0. The van der Waals surface area contributed by atoms with Crippen molar-refractivity contribution in [3.8, 4) is 11.3 Å². The van der Waals surface area contributed by atoms with E-state index in [2.05, 4.69) is 57.7 Å². The Balaban J connectivity index is 1.07. The Morgan fingerprint density at radius 1 is 1.03 bits per heavy atom. The molecule has 36 heavy (non-hydrogen) atoms. The number of carbonyl (C=O) groups excluding carboxylic acids is 1. The number of nitrogens with zero attached hydrogens (tertiary/aromatic N) is 3. The molecule has 0 bridgehead atoms. The van der Waals surface area contributed by atoms with Crippen LogP contribution in [0, 0.1) is 5.92 Å². The molecule has 0 radical (unpaired) electrons. The van der Waals surface area contributed by atoms with Crippen LogP contribution in [-0.4, -0.2) is 35.7 Å². The average Bonchev–Trinajstić information content (AvgIpc) is 3.47. The van der Waals surface area contributed by atoms with Crippen molar-refractivity contribution < 1.29 is 9.53 Å². The van der Waals surface area contributed by atoms with Crippen LogP contribution < -0.4 is 10.2 Å². The van der Waals surface area contributed by atoms with Gasteiger partial charge in [0, 0.05) is 30.6 Å². The number of alkyl carbamates (subject to hydrolysis) is 1. The second-order valence-corrected chi connectivity index (χ2v) is 10.8. The maximum absolute atomic E-state index is 11.9. The average molecular weight is 505 g/mol. The Hall–Kier alpha value is -2.93. The van der Waals surface area contributed by atoms with E-state index in [4.69, 9.17) is 9.72 Å². The van der Waals surface area contributed by atoms with Crippen molar-refractivity contribution in [2.45, 2.75) is 63.9 Å². The van der Waals surface area contributed by atoms with Crippen LogP contribution in [0.4, 0.5) is 10.6 Å². The molecule has 1 amide bonds. The first-order valence-electron chi connectivity index (χ1n) is 13.3. The van der Waals surface area contributed by atoms with Gasteiger partial charge in [-0.05, 0) is 61.6 Å². The molecular formula is C29H36N4O2S. The van der Waals surface area contributed by atoms with E-state index >= 15 is 0 Å². The largest absolute Gasteiger partial charge is 0.443 e. The molecular weight excluding hydrogens is 468 g/mol. The maximum atomic E-state index is 11.9. The molecule has 6 nitrogen and oxygen atoms in total. The zero-order valence-electron chi connectivity index (χ0n) is 20.9. The van der Waals surface area contributed by atoms with Crippen LogP contribution in [0.25, 0.3) is 11.3 Å². The summed E-state index contributed by atoms with van der Waals surface area (Å²) in [6.45, 7) is 2.86. The smallest absolute Gasteiger partial charge is 0.407 e. The monoisotopic (exact) mass is 504 g/mol. The van der Waals surface area contributed by atoms with Crippen molar-refractivity contribution in [2.75, 3.05) is 24.5 Å². The van der Waals surface area contributed by atoms with Crippen LogP contribution in [0.1, 0.15) is 68.5 Å². The summed E-state index contributed by atoms with van der Waals surface area (Å²) in [6, 6.07) is 15.5. The minimum Gasteiger partial charge on any atom is -0.443 e. The number of aromatic nitrogens is 2. The van der Waals surface area contributed by atoms with Gasteiger partial charge in [-0.1, -0.05) is 49.6 Å². The molecule has 3 aromatic rings. The van der Waals surface area contributed by atoms with E-state index in [0.29, 0.717) is 12.5 Å². The van der Waals surface area contributed by atoms with E-state index in [9.17, 15) is 4.79 Å². The number of amides is 1. The summed E-state index contributed by atoms with van der Waals surface area (Å²) in [7, 11) is 0. The number of pyridine rings is 1. The highest BCUT2D eigenvalue weighted by atomic mass is 32.1. The van der Waals surface area contributed by atoms with Gasteiger partial charge in [-0.2, -0.15) is 0 Å².